The normalized spacial score (nSPS) is 15.1. The molecule has 1 rings (SSSR count). The molecular formula is C9H15N3O2. The molecule has 0 aliphatic rings. The topological polar surface area (TPSA) is 68.0 Å². The first-order valence-electron chi connectivity index (χ1n) is 4.56. The number of aromatic nitrogens is 3. The molecule has 5 heteroatoms. The number of carboxylic acids is 1. The van der Waals surface area contributed by atoms with E-state index in [-0.39, 0.29) is 6.04 Å². The number of hydrogen-bond acceptors (Lipinski definition) is 3. The van der Waals surface area contributed by atoms with Gasteiger partial charge in [0.05, 0.1) is 12.0 Å². The van der Waals surface area contributed by atoms with Crippen LogP contribution in [0.1, 0.15) is 31.5 Å². The van der Waals surface area contributed by atoms with Crippen molar-refractivity contribution in [2.45, 2.75) is 33.7 Å². The summed E-state index contributed by atoms with van der Waals surface area (Å²) in [6, 6.07) is -0.173. The number of carbonyl (C=O) groups is 1. The van der Waals surface area contributed by atoms with Crippen molar-refractivity contribution in [1.82, 2.24) is 14.8 Å². The average molecular weight is 197 g/mol. The van der Waals surface area contributed by atoms with E-state index in [0.29, 0.717) is 5.82 Å². The van der Waals surface area contributed by atoms with Crippen molar-refractivity contribution in [3.8, 4) is 0 Å². The van der Waals surface area contributed by atoms with E-state index in [4.69, 9.17) is 5.11 Å². The highest BCUT2D eigenvalue weighted by atomic mass is 16.4. The van der Waals surface area contributed by atoms with Gasteiger partial charge in [-0.25, -0.2) is 9.67 Å². The molecule has 0 aliphatic carbocycles. The maximum absolute atomic E-state index is 10.8. The summed E-state index contributed by atoms with van der Waals surface area (Å²) >= 11 is 0. The molecule has 0 amide bonds. The molecule has 0 bridgehead atoms. The third kappa shape index (κ3) is 1.92. The molecule has 1 heterocycles. The Morgan fingerprint density at radius 2 is 2.00 bits per heavy atom. The van der Waals surface area contributed by atoms with Crippen molar-refractivity contribution >= 4 is 5.97 Å². The molecule has 0 saturated heterocycles. The standard InChI is InChI=1S/C9H15N3O2/c1-5(9(13)14)6(2)12-8(4)10-7(3)11-12/h5-6H,1-4H3,(H,13,14). The number of hydrogen-bond donors (Lipinski definition) is 1. The third-order valence-corrected chi connectivity index (χ3v) is 2.41. The number of aryl methyl sites for hydroxylation is 2. The summed E-state index contributed by atoms with van der Waals surface area (Å²) in [6.45, 7) is 7.12. The molecule has 2 unspecified atom stereocenters. The fourth-order valence-electron chi connectivity index (χ4n) is 1.34. The lowest BCUT2D eigenvalue weighted by molar-refractivity contribution is -0.142. The van der Waals surface area contributed by atoms with Crippen LogP contribution in [0, 0.1) is 19.8 Å². The van der Waals surface area contributed by atoms with Crippen molar-refractivity contribution in [3.05, 3.63) is 11.6 Å². The van der Waals surface area contributed by atoms with E-state index < -0.39 is 11.9 Å². The molecule has 1 N–H and O–H groups in total. The molecule has 0 aromatic carbocycles. The van der Waals surface area contributed by atoms with E-state index in [0.717, 1.165) is 5.82 Å². The van der Waals surface area contributed by atoms with Crippen LogP contribution in [0.25, 0.3) is 0 Å². The zero-order chi connectivity index (χ0) is 10.9. The van der Waals surface area contributed by atoms with Crippen LogP contribution in [0.5, 0.6) is 0 Å². The summed E-state index contributed by atoms with van der Waals surface area (Å²) in [6.07, 6.45) is 0. The SMILES string of the molecule is Cc1nc(C)n(C(C)C(C)C(=O)O)n1. The minimum absolute atomic E-state index is 0.173. The number of nitrogens with zero attached hydrogens (tertiary/aromatic N) is 3. The molecule has 14 heavy (non-hydrogen) atoms. The van der Waals surface area contributed by atoms with Crippen LogP contribution in [0.3, 0.4) is 0 Å². The predicted molar refractivity (Wildman–Crippen MR) is 51.0 cm³/mol. The van der Waals surface area contributed by atoms with Gasteiger partial charge in [0.15, 0.2) is 0 Å². The number of carboxylic acid groups (broad SMARTS) is 1. The lowest BCUT2D eigenvalue weighted by Crippen LogP contribution is -2.23. The van der Waals surface area contributed by atoms with Gasteiger partial charge in [-0.2, -0.15) is 5.10 Å². The van der Waals surface area contributed by atoms with Crippen molar-refractivity contribution in [1.29, 1.82) is 0 Å². The zero-order valence-electron chi connectivity index (χ0n) is 8.85. The third-order valence-electron chi connectivity index (χ3n) is 2.41. The Balaban J connectivity index is 2.94. The maximum atomic E-state index is 10.8. The van der Waals surface area contributed by atoms with Gasteiger partial charge in [0.2, 0.25) is 0 Å². The van der Waals surface area contributed by atoms with Crippen molar-refractivity contribution in [2.24, 2.45) is 5.92 Å². The Kier molecular flexibility index (Phi) is 2.88. The Bertz CT molecular complexity index is 346. The fourth-order valence-corrected chi connectivity index (χ4v) is 1.34. The Morgan fingerprint density at radius 3 is 2.36 bits per heavy atom. The Morgan fingerprint density at radius 1 is 1.43 bits per heavy atom. The fraction of sp³-hybridized carbons (Fsp3) is 0.667. The van der Waals surface area contributed by atoms with Crippen molar-refractivity contribution in [2.75, 3.05) is 0 Å². The highest BCUT2D eigenvalue weighted by Gasteiger charge is 2.23. The van der Waals surface area contributed by atoms with E-state index >= 15 is 0 Å². The quantitative estimate of drug-likeness (QED) is 0.790. The van der Waals surface area contributed by atoms with Crippen LogP contribution in [0.2, 0.25) is 0 Å². The first-order chi connectivity index (χ1) is 6.43. The lowest BCUT2D eigenvalue weighted by Gasteiger charge is -2.17. The van der Waals surface area contributed by atoms with Crippen LogP contribution >= 0.6 is 0 Å². The van der Waals surface area contributed by atoms with Crippen molar-refractivity contribution < 1.29 is 9.90 Å². The summed E-state index contributed by atoms with van der Waals surface area (Å²) in [5.41, 5.74) is 0. The summed E-state index contributed by atoms with van der Waals surface area (Å²) in [7, 11) is 0. The first kappa shape index (κ1) is 10.7. The van der Waals surface area contributed by atoms with Crippen molar-refractivity contribution in [3.63, 3.8) is 0 Å². The van der Waals surface area contributed by atoms with Crippen LogP contribution in [0.4, 0.5) is 0 Å². The summed E-state index contributed by atoms with van der Waals surface area (Å²) in [5, 5.41) is 13.0. The second-order valence-corrected chi connectivity index (χ2v) is 3.52. The second kappa shape index (κ2) is 3.77. The van der Waals surface area contributed by atoms with Crippen LogP contribution in [-0.4, -0.2) is 25.8 Å². The van der Waals surface area contributed by atoms with Crippen LogP contribution in [0.15, 0.2) is 0 Å². The van der Waals surface area contributed by atoms with Gasteiger partial charge < -0.3 is 5.11 Å². The minimum Gasteiger partial charge on any atom is -0.481 e. The van der Waals surface area contributed by atoms with E-state index in [9.17, 15) is 4.79 Å². The van der Waals surface area contributed by atoms with Gasteiger partial charge in [-0.05, 0) is 27.7 Å². The molecule has 0 radical (unpaired) electrons. The Labute approximate surface area is 82.8 Å². The highest BCUT2D eigenvalue weighted by Crippen LogP contribution is 2.17. The van der Waals surface area contributed by atoms with Gasteiger partial charge in [-0.3, -0.25) is 4.79 Å². The summed E-state index contributed by atoms with van der Waals surface area (Å²) < 4.78 is 1.66. The monoisotopic (exact) mass is 197 g/mol. The van der Waals surface area contributed by atoms with E-state index in [2.05, 4.69) is 10.1 Å². The summed E-state index contributed by atoms with van der Waals surface area (Å²) in [5.74, 6) is 0.148. The highest BCUT2D eigenvalue weighted by molar-refractivity contribution is 5.70. The summed E-state index contributed by atoms with van der Waals surface area (Å²) in [4.78, 5) is 14.9. The van der Waals surface area contributed by atoms with Crippen LogP contribution in [-0.2, 0) is 4.79 Å². The molecule has 0 saturated carbocycles. The van der Waals surface area contributed by atoms with Gasteiger partial charge in [-0.15, -0.1) is 0 Å². The molecule has 1 aromatic rings. The number of aliphatic carboxylic acids is 1. The molecule has 5 nitrogen and oxygen atoms in total. The largest absolute Gasteiger partial charge is 0.481 e. The minimum atomic E-state index is -0.815. The Hall–Kier alpha value is -1.39. The molecule has 0 aliphatic heterocycles. The van der Waals surface area contributed by atoms with E-state index in [1.807, 2.05) is 13.8 Å². The smallest absolute Gasteiger partial charge is 0.308 e. The van der Waals surface area contributed by atoms with Gasteiger partial charge >= 0.3 is 5.97 Å². The molecule has 0 spiro atoms. The zero-order valence-corrected chi connectivity index (χ0v) is 8.85. The van der Waals surface area contributed by atoms with Crippen LogP contribution < -0.4 is 0 Å². The molecular weight excluding hydrogens is 182 g/mol. The van der Waals surface area contributed by atoms with Gasteiger partial charge in [-0.1, -0.05) is 0 Å². The van der Waals surface area contributed by atoms with Gasteiger partial charge in [0.1, 0.15) is 11.6 Å². The molecule has 1 aromatic heterocycles. The maximum Gasteiger partial charge on any atom is 0.308 e. The first-order valence-corrected chi connectivity index (χ1v) is 4.56. The van der Waals surface area contributed by atoms with Gasteiger partial charge in [0.25, 0.3) is 0 Å². The number of rotatable bonds is 3. The average Bonchev–Trinajstić information content (AvgIpc) is 2.42. The second-order valence-electron chi connectivity index (χ2n) is 3.52. The lowest BCUT2D eigenvalue weighted by atomic mass is 10.0. The molecule has 78 valence electrons. The van der Waals surface area contributed by atoms with E-state index in [1.54, 1.807) is 18.5 Å². The molecule has 0 fully saturated rings. The predicted octanol–water partition coefficient (Wildman–Crippen LogP) is 1.18. The molecule has 2 atom stereocenters. The van der Waals surface area contributed by atoms with Gasteiger partial charge in [0, 0.05) is 0 Å². The van der Waals surface area contributed by atoms with E-state index in [1.165, 1.54) is 0 Å².